The Morgan fingerprint density at radius 1 is 1.28 bits per heavy atom. The second-order valence-corrected chi connectivity index (χ2v) is 7.11. The molecular formula is C16H14N2O6S. The van der Waals surface area contributed by atoms with Crippen LogP contribution in [0, 0.1) is 0 Å². The standard InChI is InChI=1S/C16H14N2O6S/c1-24-11-4-2-9(3-5-11)6-10-7-12-14(19)13(16(20)21)18-25(22,23)15(12)17-8-10/h2-5,7-8,13,18H,6H2,1H3,(H,20,21). The molecule has 0 spiro atoms. The highest BCUT2D eigenvalue weighted by atomic mass is 32.2. The fraction of sp³-hybridized carbons (Fsp3) is 0.188. The first-order valence-electron chi connectivity index (χ1n) is 7.23. The molecular weight excluding hydrogens is 348 g/mol. The Bertz CT molecular complexity index is 953. The SMILES string of the molecule is COc1ccc(Cc2cnc3c(c2)C(=O)C(C(=O)O)NS3(=O)=O)cc1. The average Bonchev–Trinajstić information content (AvgIpc) is 2.58. The normalized spacial score (nSPS) is 18.4. The molecule has 1 aromatic heterocycles. The summed E-state index contributed by atoms with van der Waals surface area (Å²) in [5.74, 6) is -1.69. The van der Waals surface area contributed by atoms with Crippen molar-refractivity contribution in [1.82, 2.24) is 9.71 Å². The van der Waals surface area contributed by atoms with Crippen LogP contribution in [0.5, 0.6) is 5.75 Å². The fourth-order valence-electron chi connectivity index (χ4n) is 2.54. The molecule has 0 amide bonds. The number of aliphatic carboxylic acids is 1. The number of carboxylic acids is 1. The van der Waals surface area contributed by atoms with Gasteiger partial charge in [-0.25, -0.2) is 18.2 Å². The number of carbonyl (C=O) groups excluding carboxylic acids is 1. The van der Waals surface area contributed by atoms with E-state index < -0.39 is 32.8 Å². The number of hydrogen-bond donors (Lipinski definition) is 2. The minimum absolute atomic E-state index is 0.211. The summed E-state index contributed by atoms with van der Waals surface area (Å²) in [6, 6.07) is 6.76. The second kappa shape index (κ2) is 6.26. The van der Waals surface area contributed by atoms with Crippen molar-refractivity contribution in [2.75, 3.05) is 7.11 Å². The van der Waals surface area contributed by atoms with E-state index in [1.807, 2.05) is 16.9 Å². The number of aromatic nitrogens is 1. The number of pyridine rings is 1. The zero-order valence-electron chi connectivity index (χ0n) is 13.1. The fourth-order valence-corrected chi connectivity index (χ4v) is 3.81. The van der Waals surface area contributed by atoms with Crippen LogP contribution < -0.4 is 9.46 Å². The predicted octanol–water partition coefficient (Wildman–Crippen LogP) is 0.609. The third-order valence-corrected chi connectivity index (χ3v) is 5.16. The van der Waals surface area contributed by atoms with Gasteiger partial charge in [-0.1, -0.05) is 12.1 Å². The van der Waals surface area contributed by atoms with Gasteiger partial charge in [-0.05, 0) is 35.7 Å². The van der Waals surface area contributed by atoms with Crippen LogP contribution in [-0.4, -0.2) is 43.4 Å². The van der Waals surface area contributed by atoms with Gasteiger partial charge in [0.15, 0.2) is 16.9 Å². The van der Waals surface area contributed by atoms with Crippen molar-refractivity contribution in [1.29, 1.82) is 0 Å². The monoisotopic (exact) mass is 362 g/mol. The molecule has 1 unspecified atom stereocenters. The van der Waals surface area contributed by atoms with Crippen molar-refractivity contribution in [3.05, 3.63) is 53.2 Å². The molecule has 1 atom stereocenters. The molecule has 2 aromatic rings. The van der Waals surface area contributed by atoms with Gasteiger partial charge in [0, 0.05) is 6.20 Å². The van der Waals surface area contributed by atoms with Crippen molar-refractivity contribution < 1.29 is 27.9 Å². The molecule has 1 aliphatic heterocycles. The molecule has 3 rings (SSSR count). The Morgan fingerprint density at radius 3 is 2.56 bits per heavy atom. The summed E-state index contributed by atoms with van der Waals surface area (Å²) in [7, 11) is -2.59. The number of nitrogens with one attached hydrogen (secondary N) is 1. The molecule has 2 heterocycles. The highest BCUT2D eigenvalue weighted by Gasteiger charge is 2.41. The van der Waals surface area contributed by atoms with Crippen molar-refractivity contribution in [3.63, 3.8) is 0 Å². The van der Waals surface area contributed by atoms with Gasteiger partial charge in [0.25, 0.3) is 10.0 Å². The number of hydrogen-bond acceptors (Lipinski definition) is 6. The number of fused-ring (bicyclic) bond motifs is 1. The minimum atomic E-state index is -4.15. The summed E-state index contributed by atoms with van der Waals surface area (Å²) >= 11 is 0. The minimum Gasteiger partial charge on any atom is -0.497 e. The molecule has 0 saturated heterocycles. The van der Waals surface area contributed by atoms with Crippen LogP contribution in [0.1, 0.15) is 21.5 Å². The van der Waals surface area contributed by atoms with E-state index in [1.54, 1.807) is 19.2 Å². The van der Waals surface area contributed by atoms with Crippen molar-refractivity contribution in [2.45, 2.75) is 17.5 Å². The van der Waals surface area contributed by atoms with E-state index in [1.165, 1.54) is 12.3 Å². The van der Waals surface area contributed by atoms with Crippen molar-refractivity contribution >= 4 is 21.8 Å². The number of ether oxygens (including phenoxy) is 1. The van der Waals surface area contributed by atoms with E-state index in [9.17, 15) is 18.0 Å². The van der Waals surface area contributed by atoms with Gasteiger partial charge in [0.2, 0.25) is 0 Å². The van der Waals surface area contributed by atoms with Crippen LogP contribution in [0.15, 0.2) is 41.6 Å². The maximum Gasteiger partial charge on any atom is 0.329 e. The molecule has 0 saturated carbocycles. The largest absolute Gasteiger partial charge is 0.497 e. The molecule has 0 fully saturated rings. The molecule has 0 aliphatic carbocycles. The molecule has 25 heavy (non-hydrogen) atoms. The van der Waals surface area contributed by atoms with Gasteiger partial charge in [-0.3, -0.25) is 4.79 Å². The number of rotatable bonds is 4. The summed E-state index contributed by atoms with van der Waals surface area (Å²) in [6.07, 6.45) is 1.76. The summed E-state index contributed by atoms with van der Waals surface area (Å²) in [5, 5.41) is 8.59. The number of carboxylic acid groups (broad SMARTS) is 1. The predicted molar refractivity (Wildman–Crippen MR) is 86.1 cm³/mol. The Hall–Kier alpha value is -2.78. The third-order valence-electron chi connectivity index (χ3n) is 3.78. The van der Waals surface area contributed by atoms with Gasteiger partial charge in [0.1, 0.15) is 5.75 Å². The Kier molecular flexibility index (Phi) is 4.27. The number of Topliss-reactive ketones (excluding diaryl/α,β-unsaturated/α-hetero) is 1. The number of nitrogens with zero attached hydrogens (tertiary/aromatic N) is 1. The Balaban J connectivity index is 1.97. The summed E-state index contributed by atoms with van der Waals surface area (Å²) in [4.78, 5) is 27.2. The first-order valence-corrected chi connectivity index (χ1v) is 8.71. The van der Waals surface area contributed by atoms with Gasteiger partial charge in [-0.15, -0.1) is 0 Å². The molecule has 130 valence electrons. The average molecular weight is 362 g/mol. The van der Waals surface area contributed by atoms with Crippen LogP contribution in [-0.2, 0) is 21.2 Å². The van der Waals surface area contributed by atoms with Gasteiger partial charge >= 0.3 is 5.97 Å². The lowest BCUT2D eigenvalue weighted by Gasteiger charge is -2.21. The van der Waals surface area contributed by atoms with E-state index >= 15 is 0 Å². The van der Waals surface area contributed by atoms with Gasteiger partial charge in [-0.2, -0.15) is 4.72 Å². The lowest BCUT2D eigenvalue weighted by Crippen LogP contribution is -2.50. The number of methoxy groups -OCH3 is 1. The highest BCUT2D eigenvalue weighted by Crippen LogP contribution is 2.23. The Morgan fingerprint density at radius 2 is 1.96 bits per heavy atom. The zero-order chi connectivity index (χ0) is 18.2. The van der Waals surface area contributed by atoms with Crippen LogP contribution in [0.2, 0.25) is 0 Å². The molecule has 0 bridgehead atoms. The van der Waals surface area contributed by atoms with Crippen LogP contribution in [0.25, 0.3) is 0 Å². The second-order valence-electron chi connectivity index (χ2n) is 5.48. The van der Waals surface area contributed by atoms with Crippen LogP contribution >= 0.6 is 0 Å². The quantitative estimate of drug-likeness (QED) is 0.764. The smallest absolute Gasteiger partial charge is 0.329 e. The molecule has 9 heteroatoms. The number of carbonyl (C=O) groups is 2. The lowest BCUT2D eigenvalue weighted by atomic mass is 10.0. The summed E-state index contributed by atoms with van der Waals surface area (Å²) in [5.41, 5.74) is 1.29. The van der Waals surface area contributed by atoms with E-state index in [4.69, 9.17) is 9.84 Å². The van der Waals surface area contributed by atoms with E-state index in [-0.39, 0.29) is 5.56 Å². The molecule has 1 aromatic carbocycles. The highest BCUT2D eigenvalue weighted by molar-refractivity contribution is 7.89. The molecule has 0 radical (unpaired) electrons. The lowest BCUT2D eigenvalue weighted by molar-refractivity contribution is -0.137. The maximum absolute atomic E-state index is 12.3. The van der Waals surface area contributed by atoms with Crippen molar-refractivity contribution in [2.24, 2.45) is 0 Å². The maximum atomic E-state index is 12.3. The van der Waals surface area contributed by atoms with Gasteiger partial charge < -0.3 is 9.84 Å². The zero-order valence-corrected chi connectivity index (χ0v) is 13.9. The van der Waals surface area contributed by atoms with E-state index in [0.29, 0.717) is 17.7 Å². The molecule has 2 N–H and O–H groups in total. The summed E-state index contributed by atoms with van der Waals surface area (Å²) < 4.78 is 31.0. The number of sulfonamides is 1. The van der Waals surface area contributed by atoms with Crippen LogP contribution in [0.3, 0.4) is 0 Å². The topological polar surface area (TPSA) is 123 Å². The first kappa shape index (κ1) is 17.1. The van der Waals surface area contributed by atoms with Crippen LogP contribution in [0.4, 0.5) is 0 Å². The summed E-state index contributed by atoms with van der Waals surface area (Å²) in [6.45, 7) is 0. The Labute approximate surface area is 143 Å². The number of benzene rings is 1. The van der Waals surface area contributed by atoms with E-state index in [2.05, 4.69) is 4.98 Å². The first-order chi connectivity index (χ1) is 11.8. The third kappa shape index (κ3) is 3.24. The molecule has 1 aliphatic rings. The van der Waals surface area contributed by atoms with Gasteiger partial charge in [0.05, 0.1) is 12.7 Å². The molecule has 8 nitrogen and oxygen atoms in total. The van der Waals surface area contributed by atoms with E-state index in [0.717, 1.165) is 5.56 Å². The number of ketones is 1. The van der Waals surface area contributed by atoms with Crippen molar-refractivity contribution in [3.8, 4) is 5.75 Å².